The zero-order chi connectivity index (χ0) is 19.9. The van der Waals surface area contributed by atoms with E-state index in [-0.39, 0.29) is 17.9 Å². The van der Waals surface area contributed by atoms with E-state index in [1.54, 1.807) is 0 Å². The van der Waals surface area contributed by atoms with Gasteiger partial charge in [0, 0.05) is 24.7 Å². The van der Waals surface area contributed by atoms with Crippen LogP contribution in [0.25, 0.3) is 0 Å². The predicted octanol–water partition coefficient (Wildman–Crippen LogP) is 3.36. The first kappa shape index (κ1) is 19.9. The molecule has 1 N–H and O–H groups in total. The number of hydrogen-bond acceptors (Lipinski definition) is 3. The first-order chi connectivity index (χ1) is 13.5. The Morgan fingerprint density at radius 1 is 1.04 bits per heavy atom. The topological polar surface area (TPSA) is 58.6 Å². The van der Waals surface area contributed by atoms with Gasteiger partial charge in [-0.05, 0) is 56.5 Å². The lowest BCUT2D eigenvalue weighted by molar-refractivity contribution is -0.121. The zero-order valence-corrected chi connectivity index (χ0v) is 16.6. The van der Waals surface area contributed by atoms with Gasteiger partial charge in [0.1, 0.15) is 5.75 Å². The number of benzene rings is 2. The number of carbonyl (C=O) groups excluding carboxylic acids is 2. The quantitative estimate of drug-likeness (QED) is 0.836. The predicted molar refractivity (Wildman–Crippen MR) is 110 cm³/mol. The normalized spacial score (nSPS) is 14.6. The first-order valence-electron chi connectivity index (χ1n) is 9.92. The third kappa shape index (κ3) is 5.35. The van der Waals surface area contributed by atoms with Crippen molar-refractivity contribution in [1.82, 2.24) is 10.2 Å². The van der Waals surface area contributed by atoms with Gasteiger partial charge in [-0.25, -0.2) is 0 Å². The number of ether oxygens (including phenoxy) is 1. The van der Waals surface area contributed by atoms with Gasteiger partial charge >= 0.3 is 0 Å². The highest BCUT2D eigenvalue weighted by Crippen LogP contribution is 2.17. The van der Waals surface area contributed by atoms with Gasteiger partial charge in [-0.1, -0.05) is 29.8 Å². The van der Waals surface area contributed by atoms with Crippen LogP contribution in [-0.4, -0.2) is 42.5 Å². The number of aryl methyl sites for hydroxylation is 1. The van der Waals surface area contributed by atoms with Crippen LogP contribution in [0.15, 0.2) is 48.5 Å². The minimum absolute atomic E-state index is 0.0347. The summed E-state index contributed by atoms with van der Waals surface area (Å²) in [5.41, 5.74) is 2.88. The maximum atomic E-state index is 12.7. The molecule has 1 aliphatic heterocycles. The van der Waals surface area contributed by atoms with Crippen molar-refractivity contribution in [3.05, 3.63) is 65.2 Å². The van der Waals surface area contributed by atoms with E-state index in [9.17, 15) is 9.59 Å². The van der Waals surface area contributed by atoms with Gasteiger partial charge in [-0.15, -0.1) is 0 Å². The monoisotopic (exact) mass is 380 g/mol. The van der Waals surface area contributed by atoms with Crippen molar-refractivity contribution in [1.29, 1.82) is 0 Å². The van der Waals surface area contributed by atoms with Crippen LogP contribution < -0.4 is 10.1 Å². The van der Waals surface area contributed by atoms with Gasteiger partial charge < -0.3 is 15.0 Å². The summed E-state index contributed by atoms with van der Waals surface area (Å²) in [5.74, 6) is 0.849. The molecule has 0 aliphatic carbocycles. The van der Waals surface area contributed by atoms with Crippen LogP contribution >= 0.6 is 0 Å². The SMILES string of the molecule is CCOc1ccc(C(=O)N2CCC(NC(=O)Cc3ccc(C)cc3)CC2)cc1. The van der Waals surface area contributed by atoms with Gasteiger partial charge in [-0.3, -0.25) is 9.59 Å². The van der Waals surface area contributed by atoms with Crippen LogP contribution in [0.2, 0.25) is 0 Å². The Morgan fingerprint density at radius 2 is 1.68 bits per heavy atom. The maximum absolute atomic E-state index is 12.7. The van der Waals surface area contributed by atoms with Crippen molar-refractivity contribution in [2.45, 2.75) is 39.2 Å². The summed E-state index contributed by atoms with van der Waals surface area (Å²) in [4.78, 5) is 26.8. The summed E-state index contributed by atoms with van der Waals surface area (Å²) in [6.45, 7) is 5.88. The fraction of sp³-hybridized carbons (Fsp3) is 0.391. The van der Waals surface area contributed by atoms with Crippen molar-refractivity contribution in [2.75, 3.05) is 19.7 Å². The van der Waals surface area contributed by atoms with E-state index >= 15 is 0 Å². The molecule has 148 valence electrons. The highest BCUT2D eigenvalue weighted by Gasteiger charge is 2.24. The van der Waals surface area contributed by atoms with Crippen molar-refractivity contribution in [3.8, 4) is 5.75 Å². The number of nitrogens with one attached hydrogen (secondary N) is 1. The third-order valence-electron chi connectivity index (χ3n) is 5.04. The fourth-order valence-corrected chi connectivity index (χ4v) is 3.44. The zero-order valence-electron chi connectivity index (χ0n) is 16.6. The highest BCUT2D eigenvalue weighted by atomic mass is 16.5. The Hall–Kier alpha value is -2.82. The molecule has 2 aromatic carbocycles. The van der Waals surface area contributed by atoms with E-state index < -0.39 is 0 Å². The molecule has 0 atom stereocenters. The molecule has 0 radical (unpaired) electrons. The lowest BCUT2D eigenvalue weighted by Crippen LogP contribution is -2.46. The molecule has 2 aromatic rings. The fourth-order valence-electron chi connectivity index (χ4n) is 3.44. The number of amides is 2. The molecule has 1 aliphatic rings. The molecule has 1 heterocycles. The molecular formula is C23H28N2O3. The van der Waals surface area contributed by atoms with Crippen molar-refractivity contribution in [3.63, 3.8) is 0 Å². The lowest BCUT2D eigenvalue weighted by atomic mass is 10.0. The van der Waals surface area contributed by atoms with E-state index in [4.69, 9.17) is 4.74 Å². The van der Waals surface area contributed by atoms with Crippen LogP contribution in [0.4, 0.5) is 0 Å². The summed E-state index contributed by atoms with van der Waals surface area (Å²) in [6.07, 6.45) is 1.95. The number of nitrogens with zero attached hydrogens (tertiary/aromatic N) is 1. The Morgan fingerprint density at radius 3 is 2.29 bits per heavy atom. The molecular weight excluding hydrogens is 352 g/mol. The second-order valence-corrected chi connectivity index (χ2v) is 7.25. The Bertz CT molecular complexity index is 792. The highest BCUT2D eigenvalue weighted by molar-refractivity contribution is 5.94. The van der Waals surface area contributed by atoms with E-state index in [1.165, 1.54) is 5.56 Å². The van der Waals surface area contributed by atoms with Crippen LogP contribution in [0.5, 0.6) is 5.75 Å². The summed E-state index contributed by atoms with van der Waals surface area (Å²) in [5, 5.41) is 3.11. The Kier molecular flexibility index (Phi) is 6.69. The molecule has 0 unspecified atom stereocenters. The van der Waals surface area contributed by atoms with E-state index in [1.807, 2.05) is 67.3 Å². The summed E-state index contributed by atoms with van der Waals surface area (Å²) in [7, 11) is 0. The number of hydrogen-bond donors (Lipinski definition) is 1. The van der Waals surface area contributed by atoms with Gasteiger partial charge in [0.15, 0.2) is 0 Å². The molecule has 5 heteroatoms. The Labute approximate surface area is 166 Å². The largest absolute Gasteiger partial charge is 0.494 e. The van der Waals surface area contributed by atoms with E-state index in [2.05, 4.69) is 5.32 Å². The van der Waals surface area contributed by atoms with Crippen molar-refractivity contribution < 1.29 is 14.3 Å². The molecule has 0 aromatic heterocycles. The van der Waals surface area contributed by atoms with E-state index in [0.29, 0.717) is 31.7 Å². The molecule has 0 spiro atoms. The molecule has 28 heavy (non-hydrogen) atoms. The van der Waals surface area contributed by atoms with E-state index in [0.717, 1.165) is 24.2 Å². The van der Waals surface area contributed by atoms with Crippen LogP contribution in [0.1, 0.15) is 41.3 Å². The van der Waals surface area contributed by atoms with Crippen molar-refractivity contribution >= 4 is 11.8 Å². The average Bonchev–Trinajstić information content (AvgIpc) is 2.71. The smallest absolute Gasteiger partial charge is 0.253 e. The van der Waals surface area contributed by atoms with Gasteiger partial charge in [0.25, 0.3) is 5.91 Å². The first-order valence-corrected chi connectivity index (χ1v) is 9.92. The molecule has 1 fully saturated rings. The summed E-state index contributed by atoms with van der Waals surface area (Å²) < 4.78 is 5.42. The lowest BCUT2D eigenvalue weighted by Gasteiger charge is -2.32. The average molecular weight is 380 g/mol. The molecule has 0 bridgehead atoms. The van der Waals surface area contributed by atoms with Gasteiger partial charge in [0.2, 0.25) is 5.91 Å². The summed E-state index contributed by atoms with van der Waals surface area (Å²) >= 11 is 0. The van der Waals surface area contributed by atoms with Gasteiger partial charge in [0.05, 0.1) is 13.0 Å². The molecule has 0 saturated carbocycles. The maximum Gasteiger partial charge on any atom is 0.253 e. The van der Waals surface area contributed by atoms with Crippen LogP contribution in [-0.2, 0) is 11.2 Å². The van der Waals surface area contributed by atoms with Crippen LogP contribution in [0.3, 0.4) is 0 Å². The van der Waals surface area contributed by atoms with Gasteiger partial charge in [-0.2, -0.15) is 0 Å². The summed E-state index contributed by atoms with van der Waals surface area (Å²) in [6, 6.07) is 15.4. The molecule has 2 amide bonds. The van der Waals surface area contributed by atoms with Crippen LogP contribution in [0, 0.1) is 6.92 Å². The molecule has 1 saturated heterocycles. The second-order valence-electron chi connectivity index (χ2n) is 7.25. The molecule has 5 nitrogen and oxygen atoms in total. The number of likely N-dealkylation sites (tertiary alicyclic amines) is 1. The number of piperidine rings is 1. The standard InChI is InChI=1S/C23H28N2O3/c1-3-28-21-10-8-19(9-11-21)23(27)25-14-12-20(13-15-25)24-22(26)16-18-6-4-17(2)5-7-18/h4-11,20H,3,12-16H2,1-2H3,(H,24,26). The third-order valence-corrected chi connectivity index (χ3v) is 5.04. The minimum atomic E-state index is 0.0347. The minimum Gasteiger partial charge on any atom is -0.494 e. The molecule has 3 rings (SSSR count). The second kappa shape index (κ2) is 9.40. The Balaban J connectivity index is 1.46. The number of carbonyl (C=O) groups is 2. The van der Waals surface area contributed by atoms with Crippen molar-refractivity contribution in [2.24, 2.45) is 0 Å². The number of rotatable bonds is 6.